The highest BCUT2D eigenvalue weighted by atomic mass is 16.7. The molecule has 1 aliphatic heterocycles. The molecule has 1 heterocycles. The Morgan fingerprint density at radius 2 is 1.76 bits per heavy atom. The molecule has 0 spiro atoms. The van der Waals surface area contributed by atoms with Crippen molar-refractivity contribution in [2.75, 3.05) is 18.7 Å². The van der Waals surface area contributed by atoms with Gasteiger partial charge in [0.25, 0.3) is 5.91 Å². The summed E-state index contributed by atoms with van der Waals surface area (Å²) in [6.07, 6.45) is 3.19. The maximum atomic E-state index is 13.4. The number of nitrogens with one attached hydrogen (secondary N) is 2. The summed E-state index contributed by atoms with van der Waals surface area (Å²) in [6, 6.07) is 18.8. The number of aryl methyl sites for hydroxylation is 1. The third kappa shape index (κ3) is 5.04. The molecule has 1 aliphatic carbocycles. The molecule has 0 saturated heterocycles. The molecule has 3 aromatic carbocycles. The maximum absolute atomic E-state index is 13.4. The Morgan fingerprint density at radius 3 is 2.46 bits per heavy atom. The van der Waals surface area contributed by atoms with Crippen molar-refractivity contribution in [3.63, 3.8) is 0 Å². The van der Waals surface area contributed by atoms with Crippen molar-refractivity contribution < 1.29 is 24.2 Å². The van der Waals surface area contributed by atoms with Crippen LogP contribution in [-0.2, 0) is 10.2 Å². The van der Waals surface area contributed by atoms with Gasteiger partial charge < -0.3 is 25.2 Å². The molecule has 2 aliphatic rings. The van der Waals surface area contributed by atoms with Crippen LogP contribution in [0.1, 0.15) is 54.1 Å². The van der Waals surface area contributed by atoms with Crippen molar-refractivity contribution in [1.82, 2.24) is 5.32 Å². The average molecular weight is 501 g/mol. The summed E-state index contributed by atoms with van der Waals surface area (Å²) in [5.74, 6) is 1.16. The van der Waals surface area contributed by atoms with E-state index in [1.165, 1.54) is 0 Å². The molecule has 7 nitrogen and oxygen atoms in total. The van der Waals surface area contributed by atoms with Gasteiger partial charge in [0, 0.05) is 11.3 Å². The average Bonchev–Trinajstić information content (AvgIpc) is 3.60. The lowest BCUT2D eigenvalue weighted by atomic mass is 9.94. The van der Waals surface area contributed by atoms with Crippen molar-refractivity contribution in [2.45, 2.75) is 51.0 Å². The zero-order valence-corrected chi connectivity index (χ0v) is 21.2. The summed E-state index contributed by atoms with van der Waals surface area (Å²) in [5, 5.41) is 15.5. The van der Waals surface area contributed by atoms with Crippen molar-refractivity contribution in [2.24, 2.45) is 0 Å². The molecule has 0 bridgehead atoms. The van der Waals surface area contributed by atoms with Gasteiger partial charge in [0.05, 0.1) is 18.1 Å². The van der Waals surface area contributed by atoms with Crippen LogP contribution >= 0.6 is 0 Å². The molecular weight excluding hydrogens is 468 g/mol. The van der Waals surface area contributed by atoms with E-state index in [0.29, 0.717) is 17.1 Å². The van der Waals surface area contributed by atoms with Gasteiger partial charge in [-0.3, -0.25) is 9.59 Å². The Hall–Kier alpha value is -3.84. The van der Waals surface area contributed by atoms with Crippen molar-refractivity contribution in [3.8, 4) is 22.6 Å². The molecule has 3 aromatic rings. The molecule has 7 heteroatoms. The molecule has 3 N–H and O–H groups in total. The highest BCUT2D eigenvalue weighted by Gasteiger charge is 2.51. The minimum Gasteiger partial charge on any atom is -0.454 e. The van der Waals surface area contributed by atoms with E-state index >= 15 is 0 Å². The largest absolute Gasteiger partial charge is 0.454 e. The molecule has 1 saturated carbocycles. The van der Waals surface area contributed by atoms with Crippen LogP contribution in [0.4, 0.5) is 5.69 Å². The SMILES string of the molecule is CCC[C@H](CO)NC(=O)c1ccc(-c2cc(NC(=O)C3(c4ccc5c(c4)OCO5)CC3)ccc2C)cc1. The Kier molecular flexibility index (Phi) is 6.89. The van der Waals surface area contributed by atoms with Gasteiger partial charge in [-0.15, -0.1) is 0 Å². The van der Waals surface area contributed by atoms with Crippen molar-refractivity contribution >= 4 is 17.5 Å². The van der Waals surface area contributed by atoms with Crippen LogP contribution in [0.2, 0.25) is 0 Å². The number of aliphatic hydroxyl groups is 1. The Labute approximate surface area is 216 Å². The van der Waals surface area contributed by atoms with E-state index in [-0.39, 0.29) is 31.3 Å². The minimum atomic E-state index is -0.550. The Morgan fingerprint density at radius 1 is 1.00 bits per heavy atom. The van der Waals surface area contributed by atoms with Gasteiger partial charge in [-0.2, -0.15) is 0 Å². The second kappa shape index (κ2) is 10.3. The summed E-state index contributed by atoms with van der Waals surface area (Å²) in [5.41, 5.74) is 4.66. The van der Waals surface area contributed by atoms with E-state index in [2.05, 4.69) is 10.6 Å². The fraction of sp³-hybridized carbons (Fsp3) is 0.333. The van der Waals surface area contributed by atoms with E-state index in [1.807, 2.05) is 62.4 Å². The lowest BCUT2D eigenvalue weighted by molar-refractivity contribution is -0.118. The fourth-order valence-corrected chi connectivity index (χ4v) is 4.85. The predicted molar refractivity (Wildman–Crippen MR) is 142 cm³/mol. The van der Waals surface area contributed by atoms with Gasteiger partial charge in [-0.25, -0.2) is 0 Å². The molecular formula is C30H32N2O5. The summed E-state index contributed by atoms with van der Waals surface area (Å²) in [6.45, 7) is 4.17. The molecule has 0 radical (unpaired) electrons. The zero-order chi connectivity index (χ0) is 26.0. The van der Waals surface area contributed by atoms with E-state index < -0.39 is 5.41 Å². The standard InChI is InChI=1S/C30H32N2O5/c1-3-4-24(17-33)31-28(34)21-8-6-20(7-9-21)25-16-23(11-5-19(25)2)32-29(35)30(13-14-30)22-10-12-26-27(15-22)37-18-36-26/h5-12,15-16,24,33H,3-4,13-14,17-18H2,1-2H3,(H,31,34)(H,32,35)/t24-/m1/s1. The van der Waals surface area contributed by atoms with Crippen LogP contribution < -0.4 is 20.1 Å². The van der Waals surface area contributed by atoms with Gasteiger partial charge in [0.1, 0.15) is 0 Å². The number of ether oxygens (including phenoxy) is 2. The molecule has 192 valence electrons. The number of rotatable bonds is 9. The first-order valence-corrected chi connectivity index (χ1v) is 12.8. The predicted octanol–water partition coefficient (Wildman–Crippen LogP) is 4.95. The molecule has 1 fully saturated rings. The van der Waals surface area contributed by atoms with Crippen molar-refractivity contribution in [3.05, 3.63) is 77.4 Å². The van der Waals surface area contributed by atoms with Crippen LogP contribution in [0.5, 0.6) is 11.5 Å². The highest BCUT2D eigenvalue weighted by Crippen LogP contribution is 2.51. The van der Waals surface area contributed by atoms with E-state index in [0.717, 1.165) is 53.6 Å². The summed E-state index contributed by atoms with van der Waals surface area (Å²) in [7, 11) is 0. The first-order chi connectivity index (χ1) is 17.9. The first-order valence-electron chi connectivity index (χ1n) is 12.8. The Balaban J connectivity index is 1.31. The number of hydrogen-bond donors (Lipinski definition) is 3. The second-order valence-corrected chi connectivity index (χ2v) is 9.85. The number of benzene rings is 3. The topological polar surface area (TPSA) is 96.9 Å². The van der Waals surface area contributed by atoms with E-state index in [4.69, 9.17) is 9.47 Å². The Bertz CT molecular complexity index is 1310. The number of fused-ring (bicyclic) bond motifs is 1. The van der Waals surface area contributed by atoms with Gasteiger partial charge in [-0.1, -0.05) is 37.6 Å². The molecule has 37 heavy (non-hydrogen) atoms. The van der Waals surface area contributed by atoms with Crippen LogP contribution in [0.3, 0.4) is 0 Å². The molecule has 0 unspecified atom stereocenters. The molecule has 0 aromatic heterocycles. The lowest BCUT2D eigenvalue weighted by Gasteiger charge is -2.18. The quantitative estimate of drug-likeness (QED) is 0.386. The van der Waals surface area contributed by atoms with Crippen LogP contribution in [0.15, 0.2) is 60.7 Å². The first kappa shape index (κ1) is 24.8. The summed E-state index contributed by atoms with van der Waals surface area (Å²) >= 11 is 0. The van der Waals surface area contributed by atoms with Crippen molar-refractivity contribution in [1.29, 1.82) is 0 Å². The second-order valence-electron chi connectivity index (χ2n) is 9.85. The van der Waals surface area contributed by atoms with Gasteiger partial charge in [-0.05, 0) is 84.8 Å². The maximum Gasteiger partial charge on any atom is 0.251 e. The van der Waals surface area contributed by atoms with Crippen LogP contribution in [-0.4, -0.2) is 36.4 Å². The molecule has 2 amide bonds. The highest BCUT2D eigenvalue weighted by molar-refractivity contribution is 6.02. The lowest BCUT2D eigenvalue weighted by Crippen LogP contribution is -2.37. The van der Waals surface area contributed by atoms with E-state index in [1.54, 1.807) is 12.1 Å². The van der Waals surface area contributed by atoms with Gasteiger partial charge in [0.2, 0.25) is 12.7 Å². The summed E-state index contributed by atoms with van der Waals surface area (Å²) < 4.78 is 10.9. The summed E-state index contributed by atoms with van der Waals surface area (Å²) in [4.78, 5) is 25.9. The number of amides is 2. The van der Waals surface area contributed by atoms with Crippen LogP contribution in [0.25, 0.3) is 11.1 Å². The smallest absolute Gasteiger partial charge is 0.251 e. The number of carbonyl (C=O) groups is 2. The normalized spacial score (nSPS) is 15.6. The van der Waals surface area contributed by atoms with Gasteiger partial charge >= 0.3 is 0 Å². The molecule has 1 atom stereocenters. The third-order valence-corrected chi connectivity index (χ3v) is 7.26. The zero-order valence-electron chi connectivity index (χ0n) is 21.2. The molecule has 5 rings (SSSR count). The third-order valence-electron chi connectivity index (χ3n) is 7.26. The number of carbonyl (C=O) groups excluding carboxylic acids is 2. The van der Waals surface area contributed by atoms with E-state index in [9.17, 15) is 14.7 Å². The van der Waals surface area contributed by atoms with Crippen LogP contribution in [0, 0.1) is 6.92 Å². The minimum absolute atomic E-state index is 0.0290. The number of aliphatic hydroxyl groups excluding tert-OH is 1. The monoisotopic (exact) mass is 500 g/mol. The van der Waals surface area contributed by atoms with Gasteiger partial charge in [0.15, 0.2) is 11.5 Å². The number of hydrogen-bond acceptors (Lipinski definition) is 5. The fourth-order valence-electron chi connectivity index (χ4n) is 4.85. The number of anilines is 1.